The largest absolute Gasteiger partial charge is 0.493 e. The number of nitrogens with one attached hydrogen (secondary N) is 3. The van der Waals surface area contributed by atoms with E-state index < -0.39 is 17.8 Å². The average molecular weight is 548 g/mol. The molecular weight excluding hydrogens is 518 g/mol. The first-order chi connectivity index (χ1) is 19.3. The summed E-state index contributed by atoms with van der Waals surface area (Å²) in [5, 5.41) is 2.68. The summed E-state index contributed by atoms with van der Waals surface area (Å²) in [4.78, 5) is 49.0. The predicted octanol–water partition coefficient (Wildman–Crippen LogP) is 3.75. The summed E-state index contributed by atoms with van der Waals surface area (Å²) in [6, 6.07) is 15.7. The zero-order valence-corrected chi connectivity index (χ0v) is 22.4. The van der Waals surface area contributed by atoms with E-state index in [1.54, 1.807) is 43.3 Å². The SMILES string of the molecule is CCC(=O)Nc1ccc(C(=O)NNC(=O)/C=C/c2ccccc2OC(=O)c2cc(OC)c(OC)c(OC)c2)cc1. The van der Waals surface area contributed by atoms with Gasteiger partial charge in [-0.3, -0.25) is 25.2 Å². The van der Waals surface area contributed by atoms with Crippen molar-refractivity contribution in [1.29, 1.82) is 0 Å². The monoisotopic (exact) mass is 547 g/mol. The molecule has 3 N–H and O–H groups in total. The van der Waals surface area contributed by atoms with Crippen LogP contribution in [0.3, 0.4) is 0 Å². The van der Waals surface area contributed by atoms with Crippen LogP contribution in [0.5, 0.6) is 23.0 Å². The van der Waals surface area contributed by atoms with Crippen LogP contribution in [0.25, 0.3) is 6.08 Å². The van der Waals surface area contributed by atoms with Crippen LogP contribution in [-0.4, -0.2) is 45.0 Å². The molecule has 3 aromatic carbocycles. The fourth-order valence-corrected chi connectivity index (χ4v) is 3.42. The summed E-state index contributed by atoms with van der Waals surface area (Å²) in [6.07, 6.45) is 2.95. The van der Waals surface area contributed by atoms with E-state index in [0.717, 1.165) is 0 Å². The van der Waals surface area contributed by atoms with Gasteiger partial charge in [-0.2, -0.15) is 0 Å². The van der Waals surface area contributed by atoms with Crippen molar-refractivity contribution in [2.75, 3.05) is 26.6 Å². The molecule has 11 nitrogen and oxygen atoms in total. The number of ether oxygens (including phenoxy) is 4. The van der Waals surface area contributed by atoms with Gasteiger partial charge < -0.3 is 24.3 Å². The number of amides is 3. The minimum absolute atomic E-state index is 0.145. The molecule has 0 heterocycles. The van der Waals surface area contributed by atoms with E-state index in [4.69, 9.17) is 18.9 Å². The lowest BCUT2D eigenvalue weighted by molar-refractivity contribution is -0.117. The van der Waals surface area contributed by atoms with Gasteiger partial charge in [0.05, 0.1) is 26.9 Å². The molecule has 11 heteroatoms. The van der Waals surface area contributed by atoms with Crippen LogP contribution in [0.15, 0.2) is 66.7 Å². The van der Waals surface area contributed by atoms with E-state index in [1.807, 2.05) is 0 Å². The highest BCUT2D eigenvalue weighted by atomic mass is 16.5. The molecule has 208 valence electrons. The van der Waals surface area contributed by atoms with E-state index in [2.05, 4.69) is 16.2 Å². The van der Waals surface area contributed by atoms with Gasteiger partial charge >= 0.3 is 5.97 Å². The number of hydrogen-bond acceptors (Lipinski definition) is 8. The number of hydrogen-bond donors (Lipinski definition) is 3. The second-order valence-electron chi connectivity index (χ2n) is 8.10. The van der Waals surface area contributed by atoms with Crippen molar-refractivity contribution in [3.8, 4) is 23.0 Å². The van der Waals surface area contributed by atoms with Crippen molar-refractivity contribution in [3.63, 3.8) is 0 Å². The summed E-state index contributed by atoms with van der Waals surface area (Å²) < 4.78 is 21.4. The molecule has 0 saturated carbocycles. The molecule has 3 amide bonds. The highest BCUT2D eigenvalue weighted by molar-refractivity contribution is 5.99. The molecular formula is C29H29N3O8. The van der Waals surface area contributed by atoms with Crippen LogP contribution in [-0.2, 0) is 9.59 Å². The number of rotatable bonds is 10. The number of benzene rings is 3. The van der Waals surface area contributed by atoms with Gasteiger partial charge in [-0.25, -0.2) is 4.79 Å². The molecule has 0 aliphatic heterocycles. The average Bonchev–Trinajstić information content (AvgIpc) is 2.98. The molecule has 0 bridgehead atoms. The Labute approximate surface area is 231 Å². The first-order valence-corrected chi connectivity index (χ1v) is 12.1. The van der Waals surface area contributed by atoms with Gasteiger partial charge in [0, 0.05) is 29.3 Å². The summed E-state index contributed by atoms with van der Waals surface area (Å²) in [5.74, 6) is -0.878. The van der Waals surface area contributed by atoms with Crippen LogP contribution < -0.4 is 35.1 Å². The highest BCUT2D eigenvalue weighted by Gasteiger charge is 2.19. The Balaban J connectivity index is 1.63. The maximum atomic E-state index is 12.9. The van der Waals surface area contributed by atoms with Crippen molar-refractivity contribution in [2.45, 2.75) is 13.3 Å². The highest BCUT2D eigenvalue weighted by Crippen LogP contribution is 2.38. The maximum absolute atomic E-state index is 12.9. The van der Waals surface area contributed by atoms with Crippen molar-refractivity contribution in [2.24, 2.45) is 0 Å². The first kappa shape index (κ1) is 29.2. The standard InChI is InChI=1S/C29H29N3O8/c1-5-25(33)30-21-13-10-19(11-14-21)28(35)32-31-26(34)15-12-18-8-6-7-9-22(18)40-29(36)20-16-23(37-2)27(39-4)24(17-20)38-3/h6-17H,5H2,1-4H3,(H,30,33)(H,31,34)(H,32,35)/b15-12+. The smallest absolute Gasteiger partial charge is 0.343 e. The number of carbonyl (C=O) groups excluding carboxylic acids is 4. The zero-order valence-electron chi connectivity index (χ0n) is 22.4. The number of hydrazine groups is 1. The molecule has 0 aliphatic carbocycles. The van der Waals surface area contributed by atoms with E-state index in [0.29, 0.717) is 34.9 Å². The number of anilines is 1. The fourth-order valence-electron chi connectivity index (χ4n) is 3.42. The molecule has 0 saturated heterocycles. The van der Waals surface area contributed by atoms with Crippen LogP contribution in [0.1, 0.15) is 39.6 Å². The number of para-hydroxylation sites is 1. The first-order valence-electron chi connectivity index (χ1n) is 12.1. The minimum atomic E-state index is -0.683. The van der Waals surface area contributed by atoms with Gasteiger partial charge in [-0.1, -0.05) is 25.1 Å². The molecule has 3 rings (SSSR count). The van der Waals surface area contributed by atoms with Crippen molar-refractivity contribution in [3.05, 3.63) is 83.4 Å². The molecule has 0 radical (unpaired) electrons. The third-order valence-corrected chi connectivity index (χ3v) is 5.49. The number of esters is 1. The van der Waals surface area contributed by atoms with Crippen LogP contribution >= 0.6 is 0 Å². The molecule has 3 aromatic rings. The Hall–Kier alpha value is -5.32. The van der Waals surface area contributed by atoms with Gasteiger partial charge in [0.15, 0.2) is 11.5 Å². The second-order valence-corrected chi connectivity index (χ2v) is 8.10. The molecule has 0 unspecified atom stereocenters. The summed E-state index contributed by atoms with van der Waals surface area (Å²) in [7, 11) is 4.33. The number of methoxy groups -OCH3 is 3. The van der Waals surface area contributed by atoms with Crippen LogP contribution in [0.2, 0.25) is 0 Å². The summed E-state index contributed by atoms with van der Waals surface area (Å²) in [6.45, 7) is 1.73. The molecule has 0 aromatic heterocycles. The summed E-state index contributed by atoms with van der Waals surface area (Å²) >= 11 is 0. The lowest BCUT2D eigenvalue weighted by Crippen LogP contribution is -2.40. The van der Waals surface area contributed by atoms with Crippen LogP contribution in [0, 0.1) is 0 Å². The Morgan fingerprint density at radius 1 is 0.775 bits per heavy atom. The van der Waals surface area contributed by atoms with Crippen LogP contribution in [0.4, 0.5) is 5.69 Å². The fraction of sp³-hybridized carbons (Fsp3) is 0.172. The third-order valence-electron chi connectivity index (χ3n) is 5.49. The van der Waals surface area contributed by atoms with E-state index in [1.165, 1.54) is 57.7 Å². The normalized spacial score (nSPS) is 10.4. The molecule has 0 atom stereocenters. The van der Waals surface area contributed by atoms with Crippen molar-refractivity contribution < 1.29 is 38.1 Å². The van der Waals surface area contributed by atoms with Gasteiger partial charge in [0.2, 0.25) is 11.7 Å². The topological polar surface area (TPSA) is 141 Å². The summed E-state index contributed by atoms with van der Waals surface area (Å²) in [5.41, 5.74) is 6.03. The Bertz CT molecular complexity index is 1390. The Morgan fingerprint density at radius 2 is 1.43 bits per heavy atom. The van der Waals surface area contributed by atoms with Crippen molar-refractivity contribution >= 4 is 35.5 Å². The quantitative estimate of drug-likeness (QED) is 0.151. The van der Waals surface area contributed by atoms with E-state index in [9.17, 15) is 19.2 Å². The molecule has 0 fully saturated rings. The Morgan fingerprint density at radius 3 is 2.02 bits per heavy atom. The van der Waals surface area contributed by atoms with Gasteiger partial charge in [-0.05, 0) is 48.5 Å². The molecule has 0 spiro atoms. The van der Waals surface area contributed by atoms with Gasteiger partial charge in [0.25, 0.3) is 11.8 Å². The Kier molecular flexibility index (Phi) is 10.2. The molecule has 40 heavy (non-hydrogen) atoms. The second kappa shape index (κ2) is 14.0. The maximum Gasteiger partial charge on any atom is 0.343 e. The lowest BCUT2D eigenvalue weighted by Gasteiger charge is -2.14. The third kappa shape index (κ3) is 7.60. The minimum Gasteiger partial charge on any atom is -0.493 e. The van der Waals surface area contributed by atoms with E-state index in [-0.39, 0.29) is 22.8 Å². The molecule has 0 aliphatic rings. The zero-order chi connectivity index (χ0) is 29.1. The lowest BCUT2D eigenvalue weighted by atomic mass is 10.1. The van der Waals surface area contributed by atoms with E-state index >= 15 is 0 Å². The van der Waals surface area contributed by atoms with Gasteiger partial charge in [-0.15, -0.1) is 0 Å². The van der Waals surface area contributed by atoms with Gasteiger partial charge in [0.1, 0.15) is 5.75 Å². The number of carbonyl (C=O) groups is 4. The van der Waals surface area contributed by atoms with Crippen molar-refractivity contribution in [1.82, 2.24) is 10.9 Å². The predicted molar refractivity (Wildman–Crippen MR) is 148 cm³/mol.